The number of Topliss-reactive ketones (excluding diaryl/α,β-unsaturated/α-hetero) is 1. The maximum Gasteiger partial charge on any atom is 0.152 e. The zero-order chi connectivity index (χ0) is 19.1. The molecule has 2 bridgehead atoms. The van der Waals surface area contributed by atoms with E-state index in [9.17, 15) is 4.79 Å². The molecule has 2 aliphatic heterocycles. The number of ketones is 1. The van der Waals surface area contributed by atoms with Crippen LogP contribution < -0.4 is 0 Å². The van der Waals surface area contributed by atoms with E-state index in [-0.39, 0.29) is 5.78 Å². The molecule has 7 nitrogen and oxygen atoms in total. The summed E-state index contributed by atoms with van der Waals surface area (Å²) in [5, 5.41) is 10.3. The minimum Gasteiger partial charge on any atom is -0.378 e. The van der Waals surface area contributed by atoms with Crippen LogP contribution >= 0.6 is 0 Å². The molecule has 3 aromatic rings. The fraction of sp³-hybridized carbons (Fsp3) is 0.429. The van der Waals surface area contributed by atoms with Gasteiger partial charge in [0.05, 0.1) is 32.4 Å². The summed E-state index contributed by atoms with van der Waals surface area (Å²) in [7, 11) is 1.85. The largest absolute Gasteiger partial charge is 0.378 e. The number of hydrogen-bond donors (Lipinski definition) is 0. The second kappa shape index (κ2) is 7.07. The van der Waals surface area contributed by atoms with E-state index in [1.807, 2.05) is 37.6 Å². The van der Waals surface area contributed by atoms with Crippen LogP contribution in [0.2, 0.25) is 0 Å². The van der Waals surface area contributed by atoms with Gasteiger partial charge in [0.25, 0.3) is 0 Å². The molecule has 2 aliphatic rings. The molecule has 144 valence electrons. The fourth-order valence-electron chi connectivity index (χ4n) is 4.35. The lowest BCUT2D eigenvalue weighted by Crippen LogP contribution is -2.48. The highest BCUT2D eigenvalue weighted by molar-refractivity contribution is 5.88. The number of fused-ring (bicyclic) bond motifs is 3. The summed E-state index contributed by atoms with van der Waals surface area (Å²) in [5.74, 6) is 0.218. The number of ether oxygens (including phenoxy) is 1. The van der Waals surface area contributed by atoms with Crippen LogP contribution in [0.25, 0.3) is 22.0 Å². The molecule has 0 N–H and O–H groups in total. The summed E-state index contributed by atoms with van der Waals surface area (Å²) in [4.78, 5) is 19.5. The van der Waals surface area contributed by atoms with Crippen molar-refractivity contribution in [3.8, 4) is 11.3 Å². The second-order valence-corrected chi connectivity index (χ2v) is 7.83. The van der Waals surface area contributed by atoms with Gasteiger partial charge in [-0.3, -0.25) is 19.4 Å². The van der Waals surface area contributed by atoms with Crippen molar-refractivity contribution in [2.24, 2.45) is 7.05 Å². The van der Waals surface area contributed by atoms with Gasteiger partial charge in [0.2, 0.25) is 0 Å². The maximum absolute atomic E-state index is 12.7. The summed E-state index contributed by atoms with van der Waals surface area (Å²) < 4.78 is 7.30. The van der Waals surface area contributed by atoms with Gasteiger partial charge >= 0.3 is 0 Å². The third-order valence-corrected chi connectivity index (χ3v) is 5.81. The molecule has 2 unspecified atom stereocenters. The minimum absolute atomic E-state index is 0.218. The van der Waals surface area contributed by atoms with Crippen LogP contribution in [0.1, 0.15) is 18.5 Å². The van der Waals surface area contributed by atoms with Gasteiger partial charge in [-0.15, -0.1) is 5.10 Å². The molecule has 0 radical (unpaired) electrons. The number of benzene rings is 1. The second-order valence-electron chi connectivity index (χ2n) is 7.83. The molecule has 2 saturated heterocycles. The standard InChI is InChI=1S/C21H23N5O2/c1-25-11-21(23-24-25)14-2-3-15-9-22-17(7-16(15)6-14)8-20(27)10-26-18-4-5-19(26)13-28-12-18/h2-3,6-7,9,11,18-19H,4-5,8,10,12-13H2,1H3. The number of carbonyl (C=O) groups is 1. The molecular weight excluding hydrogens is 354 g/mol. The van der Waals surface area contributed by atoms with Crippen molar-refractivity contribution in [2.45, 2.75) is 31.3 Å². The molecule has 4 heterocycles. The van der Waals surface area contributed by atoms with Gasteiger partial charge in [-0.05, 0) is 30.4 Å². The average molecular weight is 377 g/mol. The zero-order valence-electron chi connectivity index (χ0n) is 15.9. The third kappa shape index (κ3) is 3.31. The van der Waals surface area contributed by atoms with Crippen molar-refractivity contribution in [2.75, 3.05) is 19.8 Å². The SMILES string of the molecule is Cn1cc(-c2ccc3cnc(CC(=O)CN4C5CCC4COC5)cc3c2)nn1. The van der Waals surface area contributed by atoms with Crippen LogP contribution in [-0.2, 0) is 23.0 Å². The number of nitrogens with zero attached hydrogens (tertiary/aromatic N) is 5. The number of hydrogen-bond acceptors (Lipinski definition) is 6. The Morgan fingerprint density at radius 3 is 2.75 bits per heavy atom. The number of carbonyl (C=O) groups excluding carboxylic acids is 1. The summed E-state index contributed by atoms with van der Waals surface area (Å²) in [6.07, 6.45) is 6.37. The molecule has 28 heavy (non-hydrogen) atoms. The summed E-state index contributed by atoms with van der Waals surface area (Å²) in [5.41, 5.74) is 2.66. The molecule has 0 saturated carbocycles. The van der Waals surface area contributed by atoms with E-state index in [1.54, 1.807) is 4.68 Å². The Balaban J connectivity index is 1.33. The number of pyridine rings is 1. The van der Waals surface area contributed by atoms with Crippen LogP contribution in [-0.4, -0.2) is 62.5 Å². The lowest BCUT2D eigenvalue weighted by Gasteiger charge is -2.33. The number of aryl methyl sites for hydroxylation is 1. The molecule has 5 rings (SSSR count). The van der Waals surface area contributed by atoms with Gasteiger partial charge in [0.15, 0.2) is 5.78 Å². The lowest BCUT2D eigenvalue weighted by molar-refractivity contribution is -0.122. The van der Waals surface area contributed by atoms with Gasteiger partial charge < -0.3 is 4.74 Å². The highest BCUT2D eigenvalue weighted by Gasteiger charge is 2.37. The Kier molecular flexibility index (Phi) is 4.41. The van der Waals surface area contributed by atoms with Crippen molar-refractivity contribution in [3.63, 3.8) is 0 Å². The highest BCUT2D eigenvalue weighted by Crippen LogP contribution is 2.28. The first-order chi connectivity index (χ1) is 13.7. The van der Waals surface area contributed by atoms with Crippen molar-refractivity contribution >= 4 is 16.6 Å². The van der Waals surface area contributed by atoms with Crippen LogP contribution in [0.15, 0.2) is 36.7 Å². The molecule has 1 aromatic carbocycles. The van der Waals surface area contributed by atoms with E-state index in [2.05, 4.69) is 26.3 Å². The van der Waals surface area contributed by atoms with E-state index in [1.165, 1.54) is 0 Å². The highest BCUT2D eigenvalue weighted by atomic mass is 16.5. The normalized spacial score (nSPS) is 22.0. The molecule has 0 amide bonds. The number of rotatable bonds is 5. The van der Waals surface area contributed by atoms with Crippen molar-refractivity contribution < 1.29 is 9.53 Å². The lowest BCUT2D eigenvalue weighted by atomic mass is 10.0. The Hall–Kier alpha value is -2.64. The first kappa shape index (κ1) is 17.5. The van der Waals surface area contributed by atoms with Crippen LogP contribution in [0.4, 0.5) is 0 Å². The molecule has 2 atom stereocenters. The third-order valence-electron chi connectivity index (χ3n) is 5.81. The summed E-state index contributed by atoms with van der Waals surface area (Å²) in [6, 6.07) is 8.96. The minimum atomic E-state index is 0.218. The van der Waals surface area contributed by atoms with Gasteiger partial charge in [-0.25, -0.2) is 0 Å². The van der Waals surface area contributed by atoms with Crippen LogP contribution in [0, 0.1) is 0 Å². The summed E-state index contributed by atoms with van der Waals surface area (Å²) >= 11 is 0. The predicted molar refractivity (Wildman–Crippen MR) is 105 cm³/mol. The van der Waals surface area contributed by atoms with E-state index >= 15 is 0 Å². The quantitative estimate of drug-likeness (QED) is 0.677. The number of aromatic nitrogens is 4. The molecule has 0 spiro atoms. The van der Waals surface area contributed by atoms with E-state index < -0.39 is 0 Å². The first-order valence-electron chi connectivity index (χ1n) is 9.76. The van der Waals surface area contributed by atoms with Gasteiger partial charge in [-0.1, -0.05) is 17.3 Å². The fourth-order valence-corrected chi connectivity index (χ4v) is 4.35. The Bertz CT molecular complexity index is 1010. The summed E-state index contributed by atoms with van der Waals surface area (Å²) in [6.45, 7) is 2.00. The van der Waals surface area contributed by atoms with Gasteiger partial charge in [0.1, 0.15) is 5.69 Å². The first-order valence-corrected chi connectivity index (χ1v) is 9.76. The zero-order valence-corrected chi connectivity index (χ0v) is 15.9. The van der Waals surface area contributed by atoms with Crippen molar-refractivity contribution in [1.29, 1.82) is 0 Å². The van der Waals surface area contributed by atoms with E-state index in [4.69, 9.17) is 4.74 Å². The maximum atomic E-state index is 12.7. The van der Waals surface area contributed by atoms with Gasteiger partial charge in [-0.2, -0.15) is 0 Å². The van der Waals surface area contributed by atoms with Crippen LogP contribution in [0.5, 0.6) is 0 Å². The molecule has 2 fully saturated rings. The van der Waals surface area contributed by atoms with Crippen LogP contribution in [0.3, 0.4) is 0 Å². The molecule has 0 aliphatic carbocycles. The average Bonchev–Trinajstić information content (AvgIpc) is 3.20. The molecule has 7 heteroatoms. The van der Waals surface area contributed by atoms with E-state index in [0.717, 1.165) is 53.8 Å². The Morgan fingerprint density at radius 1 is 1.18 bits per heavy atom. The smallest absolute Gasteiger partial charge is 0.152 e. The Labute approximate surface area is 163 Å². The number of morpholine rings is 1. The van der Waals surface area contributed by atoms with Gasteiger partial charge in [0, 0.05) is 42.0 Å². The predicted octanol–water partition coefficient (Wildman–Crippen LogP) is 2.01. The monoisotopic (exact) mass is 377 g/mol. The Morgan fingerprint density at radius 2 is 2.00 bits per heavy atom. The topological polar surface area (TPSA) is 73.1 Å². The van der Waals surface area contributed by atoms with Crippen molar-refractivity contribution in [3.05, 3.63) is 42.4 Å². The van der Waals surface area contributed by atoms with E-state index in [0.29, 0.717) is 25.0 Å². The van der Waals surface area contributed by atoms with Crippen molar-refractivity contribution in [1.82, 2.24) is 24.9 Å². The molecular formula is C21H23N5O2. The molecule has 2 aromatic heterocycles.